The van der Waals surface area contributed by atoms with E-state index in [9.17, 15) is 19.8 Å². The smallest absolute Gasteiger partial charge is 0.549 e. The molecular formula is C5H6CuO4. The molecule has 0 atom stereocenters. The van der Waals surface area contributed by atoms with Gasteiger partial charge in [-0.3, -0.25) is 0 Å². The van der Waals surface area contributed by atoms with Gasteiger partial charge in [-0.25, -0.2) is 0 Å². The van der Waals surface area contributed by atoms with Gasteiger partial charge in [0.05, 0.1) is 11.9 Å². The molecule has 0 saturated heterocycles. The minimum absolute atomic E-state index is 0. The fourth-order valence-corrected chi connectivity index (χ4v) is 0.0833. The first-order valence-corrected chi connectivity index (χ1v) is 2.32. The normalized spacial score (nSPS) is 9.80. The monoisotopic (exact) mass is 193 g/mol. The van der Waals surface area contributed by atoms with E-state index in [1.807, 2.05) is 0 Å². The molecule has 61 valence electrons. The Labute approximate surface area is 68.7 Å². The first kappa shape index (κ1) is 12.2. The maximum atomic E-state index is 9.93. The number of rotatable bonds is 2. The molecule has 0 aromatic rings. The molecule has 0 aliphatic heterocycles. The van der Waals surface area contributed by atoms with Crippen LogP contribution < -0.4 is 10.2 Å². The maximum absolute atomic E-state index is 9.93. The predicted molar refractivity (Wildman–Crippen MR) is 23.8 cm³/mol. The van der Waals surface area contributed by atoms with Crippen molar-refractivity contribution in [2.24, 2.45) is 5.41 Å². The summed E-state index contributed by atoms with van der Waals surface area (Å²) in [4.78, 5) is 19.9. The molecule has 0 saturated carbocycles. The van der Waals surface area contributed by atoms with E-state index in [4.69, 9.17) is 0 Å². The summed E-state index contributed by atoms with van der Waals surface area (Å²) in [6.07, 6.45) is 0. The van der Waals surface area contributed by atoms with Crippen LogP contribution in [0.1, 0.15) is 13.8 Å². The molecule has 0 aliphatic carbocycles. The summed E-state index contributed by atoms with van der Waals surface area (Å²) in [5.41, 5.74) is -1.89. The van der Waals surface area contributed by atoms with Gasteiger partial charge in [-0.1, -0.05) is 0 Å². The molecule has 0 aromatic heterocycles. The molecule has 0 aromatic carbocycles. The Kier molecular flexibility index (Phi) is 4.36. The third-order valence-electron chi connectivity index (χ3n) is 1.02. The fraction of sp³-hybridized carbons (Fsp3) is 0.600. The largest absolute Gasteiger partial charge is 2.00 e. The van der Waals surface area contributed by atoms with Gasteiger partial charge < -0.3 is 19.8 Å². The van der Waals surface area contributed by atoms with Crippen molar-refractivity contribution in [3.05, 3.63) is 0 Å². The van der Waals surface area contributed by atoms with Crippen LogP contribution in [-0.2, 0) is 26.7 Å². The SMILES string of the molecule is CC(C)(C(=O)[O-])C(=O)[O-].[Cu+2]. The number of carbonyl (C=O) groups is 2. The first-order valence-electron chi connectivity index (χ1n) is 2.32. The zero-order chi connectivity index (χ0) is 7.65. The summed E-state index contributed by atoms with van der Waals surface area (Å²) in [7, 11) is 0. The Balaban J connectivity index is 0. The Bertz CT molecular complexity index is 136. The van der Waals surface area contributed by atoms with Gasteiger partial charge in [-0.05, 0) is 13.8 Å². The standard InChI is InChI=1S/C5H8O4.Cu/c1-5(2,3(6)7)4(8)9;/h1-2H3,(H,6,7)(H,8,9);/q;+2/p-2. The van der Waals surface area contributed by atoms with Gasteiger partial charge in [0.2, 0.25) is 0 Å². The van der Waals surface area contributed by atoms with E-state index in [0.29, 0.717) is 0 Å². The van der Waals surface area contributed by atoms with Crippen LogP contribution in [0.3, 0.4) is 0 Å². The maximum Gasteiger partial charge on any atom is 2.00 e. The second kappa shape index (κ2) is 3.58. The Morgan fingerprint density at radius 2 is 1.30 bits per heavy atom. The molecule has 0 fully saturated rings. The molecular weight excluding hydrogens is 188 g/mol. The Hall–Kier alpha value is -0.541. The summed E-state index contributed by atoms with van der Waals surface area (Å²) in [5.74, 6) is -3.27. The van der Waals surface area contributed by atoms with Crippen molar-refractivity contribution in [2.45, 2.75) is 13.8 Å². The Morgan fingerprint density at radius 3 is 1.30 bits per heavy atom. The van der Waals surface area contributed by atoms with Crippen LogP contribution in [0, 0.1) is 5.41 Å². The van der Waals surface area contributed by atoms with Crippen LogP contribution in [0.5, 0.6) is 0 Å². The van der Waals surface area contributed by atoms with Gasteiger partial charge in [-0.15, -0.1) is 0 Å². The van der Waals surface area contributed by atoms with Gasteiger partial charge in [-0.2, -0.15) is 0 Å². The third kappa shape index (κ3) is 2.37. The molecule has 0 heterocycles. The van der Waals surface area contributed by atoms with Crippen LogP contribution in [0.2, 0.25) is 0 Å². The van der Waals surface area contributed by atoms with Crippen molar-refractivity contribution in [3.63, 3.8) is 0 Å². The van der Waals surface area contributed by atoms with Gasteiger partial charge in [0.25, 0.3) is 0 Å². The molecule has 4 nitrogen and oxygen atoms in total. The number of carboxylic acid groups (broad SMARTS) is 2. The Morgan fingerprint density at radius 1 is 1.10 bits per heavy atom. The van der Waals surface area contributed by atoms with Gasteiger partial charge in [0.1, 0.15) is 0 Å². The van der Waals surface area contributed by atoms with E-state index in [-0.39, 0.29) is 17.1 Å². The number of hydrogen-bond donors (Lipinski definition) is 0. The van der Waals surface area contributed by atoms with Crippen molar-refractivity contribution in [1.82, 2.24) is 0 Å². The zero-order valence-electron chi connectivity index (χ0n) is 5.43. The van der Waals surface area contributed by atoms with Gasteiger partial charge >= 0.3 is 17.1 Å². The summed E-state index contributed by atoms with van der Waals surface area (Å²) < 4.78 is 0. The van der Waals surface area contributed by atoms with Crippen molar-refractivity contribution in [1.29, 1.82) is 0 Å². The molecule has 0 bridgehead atoms. The molecule has 0 unspecified atom stereocenters. The van der Waals surface area contributed by atoms with E-state index in [0.717, 1.165) is 13.8 Å². The van der Waals surface area contributed by atoms with Crippen LogP contribution in [-0.4, -0.2) is 11.9 Å². The van der Waals surface area contributed by atoms with E-state index in [2.05, 4.69) is 0 Å². The first-order chi connectivity index (χ1) is 3.89. The van der Waals surface area contributed by atoms with E-state index in [1.165, 1.54) is 0 Å². The van der Waals surface area contributed by atoms with Crippen molar-refractivity contribution < 1.29 is 36.9 Å². The summed E-state index contributed by atoms with van der Waals surface area (Å²) >= 11 is 0. The molecule has 0 spiro atoms. The van der Waals surface area contributed by atoms with Gasteiger partial charge in [0.15, 0.2) is 0 Å². The predicted octanol–water partition coefficient (Wildman–Crippen LogP) is -2.49. The molecule has 0 rings (SSSR count). The second-order valence-electron chi connectivity index (χ2n) is 2.20. The van der Waals surface area contributed by atoms with Crippen LogP contribution >= 0.6 is 0 Å². The van der Waals surface area contributed by atoms with Crippen LogP contribution in [0.4, 0.5) is 0 Å². The number of carbonyl (C=O) groups excluding carboxylic acids is 2. The quantitative estimate of drug-likeness (QED) is 0.359. The van der Waals surface area contributed by atoms with E-state index >= 15 is 0 Å². The second-order valence-corrected chi connectivity index (χ2v) is 2.20. The summed E-state index contributed by atoms with van der Waals surface area (Å²) in [6.45, 7) is 2.02. The van der Waals surface area contributed by atoms with E-state index < -0.39 is 17.4 Å². The molecule has 0 amide bonds. The topological polar surface area (TPSA) is 80.3 Å². The molecule has 0 aliphatic rings. The summed E-state index contributed by atoms with van der Waals surface area (Å²) in [5, 5.41) is 19.9. The van der Waals surface area contributed by atoms with Crippen molar-refractivity contribution in [2.75, 3.05) is 0 Å². The number of aliphatic carboxylic acids is 2. The minimum Gasteiger partial charge on any atom is -0.549 e. The van der Waals surface area contributed by atoms with Crippen LogP contribution in [0.25, 0.3) is 0 Å². The summed E-state index contributed by atoms with van der Waals surface area (Å²) in [6, 6.07) is 0. The van der Waals surface area contributed by atoms with E-state index in [1.54, 1.807) is 0 Å². The average molecular weight is 194 g/mol. The average Bonchev–Trinajstić information content (AvgIpc) is 1.65. The molecule has 5 heteroatoms. The van der Waals surface area contributed by atoms with Crippen LogP contribution in [0.15, 0.2) is 0 Å². The van der Waals surface area contributed by atoms with Crippen molar-refractivity contribution in [3.8, 4) is 0 Å². The fourth-order valence-electron chi connectivity index (χ4n) is 0.0833. The van der Waals surface area contributed by atoms with Gasteiger partial charge in [0, 0.05) is 5.41 Å². The minimum atomic E-state index is -1.89. The molecule has 10 heavy (non-hydrogen) atoms. The number of carboxylic acids is 2. The zero-order valence-corrected chi connectivity index (χ0v) is 6.38. The molecule has 1 radical (unpaired) electrons. The molecule has 0 N–H and O–H groups in total. The number of hydrogen-bond acceptors (Lipinski definition) is 4. The van der Waals surface area contributed by atoms with Crippen molar-refractivity contribution >= 4 is 11.9 Å². The third-order valence-corrected chi connectivity index (χ3v) is 1.02.